The summed E-state index contributed by atoms with van der Waals surface area (Å²) in [6.07, 6.45) is 3.17. The monoisotopic (exact) mass is 169 g/mol. The lowest BCUT2D eigenvalue weighted by atomic mass is 9.98. The number of carbonyl (C=O) groups is 1. The van der Waals surface area contributed by atoms with Crippen molar-refractivity contribution < 1.29 is 9.90 Å². The Balaban J connectivity index is 2.35. The summed E-state index contributed by atoms with van der Waals surface area (Å²) in [5.74, 6) is 0.394. The van der Waals surface area contributed by atoms with Gasteiger partial charge in [0, 0.05) is 19.7 Å². The summed E-state index contributed by atoms with van der Waals surface area (Å²) in [7, 11) is 0. The Morgan fingerprint density at radius 2 is 2.17 bits per heavy atom. The molecule has 0 spiro atoms. The molecule has 0 aromatic carbocycles. The van der Waals surface area contributed by atoms with Crippen LogP contribution in [0.2, 0.25) is 0 Å². The minimum Gasteiger partial charge on any atom is -0.396 e. The second-order valence-corrected chi connectivity index (χ2v) is 3.16. The highest BCUT2D eigenvalue weighted by atomic mass is 16.3. The Labute approximate surface area is 72.7 Å². The molecule has 0 unspecified atom stereocenters. The molecule has 0 bridgehead atoms. The van der Waals surface area contributed by atoms with Gasteiger partial charge in [-0.15, -0.1) is 0 Å². The largest absolute Gasteiger partial charge is 0.396 e. The highest BCUT2D eigenvalue weighted by Crippen LogP contribution is 2.16. The zero-order valence-electron chi connectivity index (χ0n) is 7.20. The predicted octanol–water partition coefficient (Wildman–Crippen LogP) is 0.403. The number of piperidine rings is 1. The number of hydrogen-bond donors (Lipinski definition) is 1. The molecule has 12 heavy (non-hydrogen) atoms. The van der Waals surface area contributed by atoms with E-state index < -0.39 is 0 Å². The lowest BCUT2D eigenvalue weighted by molar-refractivity contribution is -0.127. The normalized spacial score (nSPS) is 19.2. The topological polar surface area (TPSA) is 40.5 Å². The van der Waals surface area contributed by atoms with E-state index in [9.17, 15) is 4.79 Å². The van der Waals surface area contributed by atoms with Gasteiger partial charge in [-0.1, -0.05) is 6.58 Å². The first-order valence-corrected chi connectivity index (χ1v) is 4.30. The Morgan fingerprint density at radius 3 is 2.58 bits per heavy atom. The fraction of sp³-hybridized carbons (Fsp3) is 0.667. The van der Waals surface area contributed by atoms with Crippen molar-refractivity contribution in [2.45, 2.75) is 12.8 Å². The molecule has 0 atom stereocenters. The maximum atomic E-state index is 11.1. The van der Waals surface area contributed by atoms with Crippen LogP contribution >= 0.6 is 0 Å². The van der Waals surface area contributed by atoms with Gasteiger partial charge >= 0.3 is 0 Å². The van der Waals surface area contributed by atoms with Gasteiger partial charge in [-0.05, 0) is 24.8 Å². The highest BCUT2D eigenvalue weighted by molar-refractivity contribution is 5.87. The van der Waals surface area contributed by atoms with Gasteiger partial charge in [-0.2, -0.15) is 0 Å². The third-order valence-corrected chi connectivity index (χ3v) is 2.36. The van der Waals surface area contributed by atoms with Crippen molar-refractivity contribution in [3.63, 3.8) is 0 Å². The second kappa shape index (κ2) is 4.26. The fourth-order valence-corrected chi connectivity index (χ4v) is 1.47. The van der Waals surface area contributed by atoms with Crippen LogP contribution < -0.4 is 0 Å². The SMILES string of the molecule is C=CC(=O)N1CCC(CO)CC1. The molecule has 3 heteroatoms. The summed E-state index contributed by atoms with van der Waals surface area (Å²) >= 11 is 0. The zero-order valence-corrected chi connectivity index (χ0v) is 7.20. The molecule has 1 aliphatic heterocycles. The van der Waals surface area contributed by atoms with Gasteiger partial charge in [0.25, 0.3) is 0 Å². The van der Waals surface area contributed by atoms with Crippen LogP contribution in [-0.4, -0.2) is 35.6 Å². The van der Waals surface area contributed by atoms with Crippen LogP contribution in [0.25, 0.3) is 0 Å². The molecule has 1 rings (SSSR count). The predicted molar refractivity (Wildman–Crippen MR) is 46.6 cm³/mol. The van der Waals surface area contributed by atoms with Crippen LogP contribution in [0.3, 0.4) is 0 Å². The first-order valence-electron chi connectivity index (χ1n) is 4.30. The minimum atomic E-state index is 0.00592. The van der Waals surface area contributed by atoms with E-state index in [0.717, 1.165) is 25.9 Å². The molecule has 0 saturated carbocycles. The lowest BCUT2D eigenvalue weighted by Crippen LogP contribution is -2.38. The molecule has 1 amide bonds. The highest BCUT2D eigenvalue weighted by Gasteiger charge is 2.20. The van der Waals surface area contributed by atoms with E-state index in [1.165, 1.54) is 6.08 Å². The summed E-state index contributed by atoms with van der Waals surface area (Å²) in [5, 5.41) is 8.85. The lowest BCUT2D eigenvalue weighted by Gasteiger charge is -2.30. The number of likely N-dealkylation sites (tertiary alicyclic amines) is 1. The molecule has 1 saturated heterocycles. The Bertz CT molecular complexity index is 171. The van der Waals surface area contributed by atoms with Crippen molar-refractivity contribution >= 4 is 5.91 Å². The van der Waals surface area contributed by atoms with Crippen LogP contribution in [0.15, 0.2) is 12.7 Å². The fourth-order valence-electron chi connectivity index (χ4n) is 1.47. The number of aliphatic hydroxyl groups excluding tert-OH is 1. The number of aliphatic hydroxyl groups is 1. The van der Waals surface area contributed by atoms with Crippen LogP contribution in [0.5, 0.6) is 0 Å². The molecule has 0 aromatic rings. The smallest absolute Gasteiger partial charge is 0.245 e. The van der Waals surface area contributed by atoms with E-state index in [1.54, 1.807) is 4.90 Å². The van der Waals surface area contributed by atoms with Gasteiger partial charge < -0.3 is 10.0 Å². The van der Waals surface area contributed by atoms with Crippen LogP contribution in [0.4, 0.5) is 0 Å². The Morgan fingerprint density at radius 1 is 1.58 bits per heavy atom. The maximum Gasteiger partial charge on any atom is 0.245 e. The Kier molecular flexibility index (Phi) is 3.29. The van der Waals surface area contributed by atoms with E-state index in [0.29, 0.717) is 5.92 Å². The van der Waals surface area contributed by atoms with Crippen molar-refractivity contribution in [3.8, 4) is 0 Å². The molecule has 68 valence electrons. The number of rotatable bonds is 2. The molecule has 0 radical (unpaired) electrons. The quantitative estimate of drug-likeness (QED) is 0.608. The van der Waals surface area contributed by atoms with Gasteiger partial charge in [0.05, 0.1) is 0 Å². The van der Waals surface area contributed by atoms with Gasteiger partial charge in [0.1, 0.15) is 0 Å². The number of hydrogen-bond acceptors (Lipinski definition) is 2. The van der Waals surface area contributed by atoms with E-state index >= 15 is 0 Å². The van der Waals surface area contributed by atoms with Crippen LogP contribution in [0, 0.1) is 5.92 Å². The minimum absolute atomic E-state index is 0.00592. The molecule has 3 nitrogen and oxygen atoms in total. The van der Waals surface area contributed by atoms with E-state index in [4.69, 9.17) is 5.11 Å². The van der Waals surface area contributed by atoms with Gasteiger partial charge in [0.2, 0.25) is 5.91 Å². The molecular weight excluding hydrogens is 154 g/mol. The van der Waals surface area contributed by atoms with Crippen LogP contribution in [-0.2, 0) is 4.79 Å². The first kappa shape index (κ1) is 9.26. The number of nitrogens with zero attached hydrogens (tertiary/aromatic N) is 1. The van der Waals surface area contributed by atoms with E-state index in [-0.39, 0.29) is 12.5 Å². The average molecular weight is 169 g/mol. The van der Waals surface area contributed by atoms with Gasteiger partial charge in [-0.3, -0.25) is 4.79 Å². The molecular formula is C9H15NO2. The van der Waals surface area contributed by atoms with Crippen molar-refractivity contribution in [3.05, 3.63) is 12.7 Å². The van der Waals surface area contributed by atoms with Gasteiger partial charge in [0.15, 0.2) is 0 Å². The van der Waals surface area contributed by atoms with Gasteiger partial charge in [-0.25, -0.2) is 0 Å². The third kappa shape index (κ3) is 2.08. The summed E-state index contributed by atoms with van der Waals surface area (Å²) < 4.78 is 0. The molecule has 0 aromatic heterocycles. The maximum absolute atomic E-state index is 11.1. The van der Waals surface area contributed by atoms with E-state index in [1.807, 2.05) is 0 Å². The van der Waals surface area contributed by atoms with Crippen LogP contribution in [0.1, 0.15) is 12.8 Å². The Hall–Kier alpha value is -0.830. The molecule has 1 fully saturated rings. The third-order valence-electron chi connectivity index (χ3n) is 2.36. The van der Waals surface area contributed by atoms with Crippen molar-refractivity contribution in [1.29, 1.82) is 0 Å². The van der Waals surface area contributed by atoms with Crippen molar-refractivity contribution in [2.24, 2.45) is 5.92 Å². The summed E-state index contributed by atoms with van der Waals surface area (Å²) in [6, 6.07) is 0. The zero-order chi connectivity index (χ0) is 8.97. The summed E-state index contributed by atoms with van der Waals surface area (Å²) in [5.41, 5.74) is 0. The van der Waals surface area contributed by atoms with Crippen molar-refractivity contribution in [2.75, 3.05) is 19.7 Å². The average Bonchev–Trinajstić information content (AvgIpc) is 2.17. The summed E-state index contributed by atoms with van der Waals surface area (Å²) in [6.45, 7) is 5.20. The molecule has 1 heterocycles. The second-order valence-electron chi connectivity index (χ2n) is 3.16. The number of carbonyl (C=O) groups excluding carboxylic acids is 1. The molecule has 1 aliphatic rings. The molecule has 1 N–H and O–H groups in total. The standard InChI is InChI=1S/C9H15NO2/c1-2-9(12)10-5-3-8(7-11)4-6-10/h2,8,11H,1,3-7H2. The first-order chi connectivity index (χ1) is 5.77. The number of amides is 1. The molecule has 0 aliphatic carbocycles. The summed E-state index contributed by atoms with van der Waals surface area (Å²) in [4.78, 5) is 12.9. The van der Waals surface area contributed by atoms with Crippen molar-refractivity contribution in [1.82, 2.24) is 4.90 Å². The van der Waals surface area contributed by atoms with E-state index in [2.05, 4.69) is 6.58 Å².